The number of carbonyl (C=O) groups is 1. The largest absolute Gasteiger partial charge is 0.484 e. The average molecular weight is 506 g/mol. The molecule has 2 bridgehead atoms. The topological polar surface area (TPSA) is 68.0 Å². The van der Waals surface area contributed by atoms with Crippen LogP contribution in [0.3, 0.4) is 0 Å². The van der Waals surface area contributed by atoms with E-state index in [1.807, 2.05) is 30.6 Å². The number of anilines is 1. The fraction of sp³-hybridized carbons (Fsp3) is 0.600. The third-order valence-electron chi connectivity index (χ3n) is 5.17. The molecule has 170 valence electrons. The minimum Gasteiger partial charge on any atom is -0.484 e. The maximum absolute atomic E-state index is 12.6. The second-order valence-electron chi connectivity index (χ2n) is 8.83. The van der Waals surface area contributed by atoms with Crippen LogP contribution in [0.25, 0.3) is 11.1 Å². The van der Waals surface area contributed by atoms with E-state index in [2.05, 4.69) is 20.9 Å². The number of rotatable bonds is 3. The zero-order chi connectivity index (χ0) is 22.6. The summed E-state index contributed by atoms with van der Waals surface area (Å²) in [5.41, 5.74) is 0.256. The summed E-state index contributed by atoms with van der Waals surface area (Å²) in [6, 6.07) is 3.18. The predicted octanol–water partition coefficient (Wildman–Crippen LogP) is 5.12. The molecule has 31 heavy (non-hydrogen) atoms. The lowest BCUT2D eigenvalue weighted by atomic mass is 10.2. The lowest BCUT2D eigenvalue weighted by Crippen LogP contribution is -2.56. The maximum atomic E-state index is 12.6. The molecule has 0 saturated carbocycles. The van der Waals surface area contributed by atoms with Gasteiger partial charge in [0.2, 0.25) is 0 Å². The van der Waals surface area contributed by atoms with E-state index in [4.69, 9.17) is 13.9 Å². The average Bonchev–Trinajstić information content (AvgIpc) is 3.17. The molecule has 2 aliphatic rings. The number of amides is 1. The summed E-state index contributed by atoms with van der Waals surface area (Å²) in [6.07, 6.45) is -3.02. The van der Waals surface area contributed by atoms with E-state index in [1.165, 1.54) is 12.1 Å². The second-order valence-corrected chi connectivity index (χ2v) is 9.69. The van der Waals surface area contributed by atoms with Crippen molar-refractivity contribution in [3.8, 4) is 5.75 Å². The number of benzene rings is 1. The number of nitrogens with zero attached hydrogens (tertiary/aromatic N) is 3. The Labute approximate surface area is 185 Å². The first-order chi connectivity index (χ1) is 14.4. The molecular formula is C20H23BrF3N3O4. The van der Waals surface area contributed by atoms with E-state index in [0.29, 0.717) is 34.7 Å². The van der Waals surface area contributed by atoms with Gasteiger partial charge in [0.1, 0.15) is 16.9 Å². The van der Waals surface area contributed by atoms with Gasteiger partial charge in [-0.15, -0.1) is 0 Å². The van der Waals surface area contributed by atoms with Gasteiger partial charge in [0.15, 0.2) is 12.2 Å². The smallest absolute Gasteiger partial charge is 0.422 e. The third kappa shape index (κ3) is 4.86. The standard InChI is InChI=1S/C20H23BrF3N3O4/c1-19(2,3)31-18(28)27-11-4-5-12(27)9-26(8-11)17-25-15-7-13(29-10-20(22,23)24)6-14(21)16(15)30-17/h6-7,11-12H,4-5,8-10H2,1-3H3. The maximum Gasteiger partial charge on any atom is 0.422 e. The number of aromatic nitrogens is 1. The Morgan fingerprint density at radius 2 is 1.87 bits per heavy atom. The molecule has 3 heterocycles. The molecule has 2 aromatic rings. The van der Waals surface area contributed by atoms with Crippen molar-refractivity contribution in [2.24, 2.45) is 0 Å². The SMILES string of the molecule is CC(C)(C)OC(=O)N1C2CCC1CN(c1nc3cc(OCC(F)(F)F)cc(Br)c3o1)C2. The second kappa shape index (κ2) is 7.75. The molecule has 11 heteroatoms. The molecule has 0 radical (unpaired) electrons. The summed E-state index contributed by atoms with van der Waals surface area (Å²) in [6.45, 7) is 5.21. The molecule has 0 spiro atoms. The number of halogens is 4. The molecule has 2 unspecified atom stereocenters. The molecule has 1 aromatic heterocycles. The van der Waals surface area contributed by atoms with Gasteiger partial charge in [-0.05, 0) is 55.6 Å². The molecule has 2 saturated heterocycles. The van der Waals surface area contributed by atoms with Crippen molar-refractivity contribution in [1.29, 1.82) is 0 Å². The van der Waals surface area contributed by atoms with Crippen molar-refractivity contribution in [1.82, 2.24) is 9.88 Å². The van der Waals surface area contributed by atoms with Crippen molar-refractivity contribution in [2.45, 2.75) is 57.5 Å². The van der Waals surface area contributed by atoms with Gasteiger partial charge < -0.3 is 18.8 Å². The number of oxazole rings is 1. The molecule has 4 rings (SSSR count). The lowest BCUT2D eigenvalue weighted by molar-refractivity contribution is -0.153. The number of alkyl halides is 3. The van der Waals surface area contributed by atoms with Crippen LogP contribution in [0.1, 0.15) is 33.6 Å². The van der Waals surface area contributed by atoms with Crippen LogP contribution in [0.15, 0.2) is 21.0 Å². The zero-order valence-corrected chi connectivity index (χ0v) is 18.9. The van der Waals surface area contributed by atoms with Gasteiger partial charge in [0.25, 0.3) is 6.01 Å². The highest BCUT2D eigenvalue weighted by molar-refractivity contribution is 9.10. The first-order valence-electron chi connectivity index (χ1n) is 9.95. The zero-order valence-electron chi connectivity index (χ0n) is 17.3. The Hall–Kier alpha value is -2.17. The fourth-order valence-corrected chi connectivity index (χ4v) is 4.52. The number of fused-ring (bicyclic) bond motifs is 3. The summed E-state index contributed by atoms with van der Waals surface area (Å²) in [4.78, 5) is 20.9. The fourth-order valence-electron chi connectivity index (χ4n) is 4.01. The first-order valence-corrected chi connectivity index (χ1v) is 10.7. The number of ether oxygens (including phenoxy) is 2. The highest BCUT2D eigenvalue weighted by Crippen LogP contribution is 2.37. The van der Waals surface area contributed by atoms with E-state index >= 15 is 0 Å². The molecule has 1 aromatic carbocycles. The van der Waals surface area contributed by atoms with Gasteiger partial charge in [0.05, 0.1) is 16.6 Å². The van der Waals surface area contributed by atoms with Gasteiger partial charge in [-0.3, -0.25) is 4.90 Å². The lowest BCUT2D eigenvalue weighted by Gasteiger charge is -2.40. The van der Waals surface area contributed by atoms with Crippen molar-refractivity contribution in [2.75, 3.05) is 24.6 Å². The van der Waals surface area contributed by atoms with Crippen molar-refractivity contribution in [3.63, 3.8) is 0 Å². The van der Waals surface area contributed by atoms with Gasteiger partial charge >= 0.3 is 12.3 Å². The van der Waals surface area contributed by atoms with Crippen LogP contribution >= 0.6 is 15.9 Å². The Morgan fingerprint density at radius 3 is 2.45 bits per heavy atom. The van der Waals surface area contributed by atoms with Crippen LogP contribution in [0.4, 0.5) is 24.0 Å². The van der Waals surface area contributed by atoms with E-state index in [9.17, 15) is 18.0 Å². The molecule has 1 amide bonds. The Morgan fingerprint density at radius 1 is 1.23 bits per heavy atom. The first kappa shape index (κ1) is 22.0. The number of piperazine rings is 1. The highest BCUT2D eigenvalue weighted by Gasteiger charge is 2.45. The van der Waals surface area contributed by atoms with Crippen molar-refractivity contribution >= 4 is 39.1 Å². The monoisotopic (exact) mass is 505 g/mol. The molecule has 2 fully saturated rings. The van der Waals surface area contributed by atoms with E-state index in [1.54, 1.807) is 0 Å². The van der Waals surface area contributed by atoms with E-state index in [0.717, 1.165) is 12.8 Å². The quantitative estimate of drug-likeness (QED) is 0.576. The Kier molecular flexibility index (Phi) is 5.51. The van der Waals surface area contributed by atoms with E-state index < -0.39 is 18.4 Å². The summed E-state index contributed by atoms with van der Waals surface area (Å²) in [7, 11) is 0. The third-order valence-corrected chi connectivity index (χ3v) is 5.76. The van der Waals surface area contributed by atoms with Crippen LogP contribution in [-0.2, 0) is 4.74 Å². The van der Waals surface area contributed by atoms with Crippen LogP contribution < -0.4 is 9.64 Å². The highest BCUT2D eigenvalue weighted by atomic mass is 79.9. The summed E-state index contributed by atoms with van der Waals surface area (Å²) in [5, 5.41) is 0. The summed E-state index contributed by atoms with van der Waals surface area (Å²) < 4.78 is 54.1. The van der Waals surface area contributed by atoms with Gasteiger partial charge in [-0.2, -0.15) is 18.2 Å². The van der Waals surface area contributed by atoms with Gasteiger partial charge in [-0.1, -0.05) is 0 Å². The Bertz CT molecular complexity index is 974. The summed E-state index contributed by atoms with van der Waals surface area (Å²) in [5.74, 6) is 0.0476. The van der Waals surface area contributed by atoms with Crippen molar-refractivity contribution in [3.05, 3.63) is 16.6 Å². The van der Waals surface area contributed by atoms with Gasteiger partial charge in [-0.25, -0.2) is 4.79 Å². The molecule has 0 N–H and O–H groups in total. The summed E-state index contributed by atoms with van der Waals surface area (Å²) >= 11 is 3.32. The normalized spacial score (nSPS) is 21.6. The predicted molar refractivity (Wildman–Crippen MR) is 110 cm³/mol. The van der Waals surface area contributed by atoms with Crippen LogP contribution in [-0.4, -0.2) is 59.5 Å². The molecular weight excluding hydrogens is 483 g/mol. The molecule has 2 aliphatic heterocycles. The minimum absolute atomic E-state index is 0.0160. The molecule has 0 aliphatic carbocycles. The number of hydrogen-bond acceptors (Lipinski definition) is 6. The molecule has 7 nitrogen and oxygen atoms in total. The van der Waals surface area contributed by atoms with Crippen molar-refractivity contribution < 1.29 is 31.9 Å². The van der Waals surface area contributed by atoms with E-state index in [-0.39, 0.29) is 23.9 Å². The number of carbonyl (C=O) groups excluding carboxylic acids is 1. The van der Waals surface area contributed by atoms with Crippen LogP contribution in [0, 0.1) is 0 Å². The minimum atomic E-state index is -4.43. The molecule has 2 atom stereocenters. The number of hydrogen-bond donors (Lipinski definition) is 0. The van der Waals surface area contributed by atoms with Crippen LogP contribution in [0.5, 0.6) is 5.75 Å². The Balaban J connectivity index is 1.51. The van der Waals surface area contributed by atoms with Crippen LogP contribution in [0.2, 0.25) is 0 Å². The van der Waals surface area contributed by atoms with Gasteiger partial charge in [0, 0.05) is 19.2 Å².